The third-order valence-electron chi connectivity index (χ3n) is 3.08. The molecule has 1 N–H and O–H groups in total. The van der Waals surface area contributed by atoms with Gasteiger partial charge in [0.1, 0.15) is 0 Å². The molecule has 0 spiro atoms. The van der Waals surface area contributed by atoms with Gasteiger partial charge in [-0.25, -0.2) is 0 Å². The summed E-state index contributed by atoms with van der Waals surface area (Å²) in [4.78, 5) is 0. The summed E-state index contributed by atoms with van der Waals surface area (Å²) in [5.74, 6) is 1.49. The van der Waals surface area contributed by atoms with Crippen LogP contribution in [-0.4, -0.2) is 13.1 Å². The number of piperidine rings is 1. The van der Waals surface area contributed by atoms with E-state index >= 15 is 0 Å². The van der Waals surface area contributed by atoms with Crippen LogP contribution in [0.3, 0.4) is 0 Å². The van der Waals surface area contributed by atoms with Crippen molar-refractivity contribution in [3.8, 4) is 0 Å². The Balaban J connectivity index is 0.00000112. The van der Waals surface area contributed by atoms with Gasteiger partial charge in [0.05, 0.1) is 0 Å². The second kappa shape index (κ2) is 5.88. The lowest BCUT2D eigenvalue weighted by Crippen LogP contribution is -2.33. The van der Waals surface area contributed by atoms with E-state index < -0.39 is 0 Å². The quantitative estimate of drug-likeness (QED) is 0.833. The van der Waals surface area contributed by atoms with Crippen molar-refractivity contribution in [3.63, 3.8) is 0 Å². The molecule has 0 bridgehead atoms. The monoisotopic (exact) mass is 289 g/mol. The highest BCUT2D eigenvalue weighted by atomic mass is 79.9. The maximum atomic E-state index is 3.47. The molecule has 1 aromatic carbocycles. The van der Waals surface area contributed by atoms with Crippen LogP contribution in [0.15, 0.2) is 28.7 Å². The summed E-state index contributed by atoms with van der Waals surface area (Å²) in [6.07, 6.45) is 1.27. The standard InChI is InChI=1S/C12H16BrN.ClH/c1-9-8-14-7-6-12(9)10-2-4-11(13)5-3-10;/h2-5,9,12,14H,6-8H2,1H3;1H/t9-,12-;/m0./s1. The number of hydrogen-bond acceptors (Lipinski definition) is 1. The minimum absolute atomic E-state index is 0. The highest BCUT2D eigenvalue weighted by molar-refractivity contribution is 9.10. The van der Waals surface area contributed by atoms with Crippen molar-refractivity contribution in [1.82, 2.24) is 5.32 Å². The van der Waals surface area contributed by atoms with Crippen molar-refractivity contribution in [2.45, 2.75) is 19.3 Å². The molecule has 0 radical (unpaired) electrons. The molecular formula is C12H17BrClN. The fourth-order valence-electron chi connectivity index (χ4n) is 2.22. The van der Waals surface area contributed by atoms with Crippen molar-refractivity contribution in [2.75, 3.05) is 13.1 Å². The average Bonchev–Trinajstić information content (AvgIpc) is 2.20. The molecule has 2 atom stereocenters. The average molecular weight is 291 g/mol. The minimum Gasteiger partial charge on any atom is -0.316 e. The molecule has 0 amide bonds. The molecule has 1 heterocycles. The van der Waals surface area contributed by atoms with E-state index in [1.165, 1.54) is 16.5 Å². The zero-order chi connectivity index (χ0) is 9.97. The number of nitrogens with one attached hydrogen (secondary N) is 1. The molecule has 1 aliphatic heterocycles. The molecule has 0 saturated carbocycles. The number of hydrogen-bond donors (Lipinski definition) is 1. The van der Waals surface area contributed by atoms with Crippen LogP contribution in [0.2, 0.25) is 0 Å². The first-order chi connectivity index (χ1) is 6.77. The van der Waals surface area contributed by atoms with E-state index in [1.807, 2.05) is 0 Å². The van der Waals surface area contributed by atoms with Gasteiger partial charge < -0.3 is 5.32 Å². The summed E-state index contributed by atoms with van der Waals surface area (Å²) in [6, 6.07) is 8.78. The Hall–Kier alpha value is -0.0500. The van der Waals surface area contributed by atoms with Crippen molar-refractivity contribution >= 4 is 28.3 Å². The lowest BCUT2D eigenvalue weighted by Gasteiger charge is -2.29. The van der Waals surface area contributed by atoms with Crippen molar-refractivity contribution in [3.05, 3.63) is 34.3 Å². The first kappa shape index (κ1) is 13.0. The maximum Gasteiger partial charge on any atom is 0.0175 e. The molecule has 0 unspecified atom stereocenters. The number of halogens is 2. The number of benzene rings is 1. The first-order valence-corrected chi connectivity index (χ1v) is 6.03. The fourth-order valence-corrected chi connectivity index (χ4v) is 2.48. The van der Waals surface area contributed by atoms with Crippen LogP contribution >= 0.6 is 28.3 Å². The van der Waals surface area contributed by atoms with Crippen molar-refractivity contribution < 1.29 is 0 Å². The van der Waals surface area contributed by atoms with Crippen molar-refractivity contribution in [1.29, 1.82) is 0 Å². The van der Waals surface area contributed by atoms with Crippen LogP contribution in [0.1, 0.15) is 24.8 Å². The molecule has 3 heteroatoms. The molecule has 0 aromatic heterocycles. The van der Waals surface area contributed by atoms with Gasteiger partial charge in [0, 0.05) is 4.47 Å². The third kappa shape index (κ3) is 3.20. The first-order valence-electron chi connectivity index (χ1n) is 5.23. The van der Waals surface area contributed by atoms with Crippen LogP contribution in [0, 0.1) is 5.92 Å². The lowest BCUT2D eigenvalue weighted by molar-refractivity contribution is 0.349. The molecule has 1 aromatic rings. The van der Waals surface area contributed by atoms with E-state index in [9.17, 15) is 0 Å². The molecule has 2 rings (SSSR count). The molecule has 84 valence electrons. The van der Waals surface area contributed by atoms with E-state index in [-0.39, 0.29) is 12.4 Å². The van der Waals surface area contributed by atoms with Crippen LogP contribution in [0.25, 0.3) is 0 Å². The molecule has 15 heavy (non-hydrogen) atoms. The van der Waals surface area contributed by atoms with E-state index in [1.54, 1.807) is 0 Å². The molecular weight excluding hydrogens is 273 g/mol. The van der Waals surface area contributed by atoms with Crippen LogP contribution < -0.4 is 5.32 Å². The largest absolute Gasteiger partial charge is 0.316 e. The summed E-state index contributed by atoms with van der Waals surface area (Å²) < 4.78 is 1.17. The smallest absolute Gasteiger partial charge is 0.0175 e. The minimum atomic E-state index is 0. The summed E-state index contributed by atoms with van der Waals surface area (Å²) >= 11 is 3.47. The summed E-state index contributed by atoms with van der Waals surface area (Å²) in [5, 5.41) is 3.44. The van der Waals surface area contributed by atoms with Crippen LogP contribution in [-0.2, 0) is 0 Å². The Bertz CT molecular complexity index is 299. The van der Waals surface area contributed by atoms with E-state index in [0.717, 1.165) is 24.9 Å². The van der Waals surface area contributed by atoms with E-state index in [2.05, 4.69) is 52.4 Å². The molecule has 1 nitrogen and oxygen atoms in total. The number of rotatable bonds is 1. The Morgan fingerprint density at radius 2 is 1.93 bits per heavy atom. The van der Waals surface area contributed by atoms with Gasteiger partial charge in [-0.1, -0.05) is 35.0 Å². The Morgan fingerprint density at radius 3 is 2.53 bits per heavy atom. The van der Waals surface area contributed by atoms with Gasteiger partial charge in [0.25, 0.3) is 0 Å². The van der Waals surface area contributed by atoms with Gasteiger partial charge in [-0.3, -0.25) is 0 Å². The molecule has 1 aliphatic rings. The lowest BCUT2D eigenvalue weighted by atomic mass is 9.82. The van der Waals surface area contributed by atoms with Gasteiger partial charge in [0.2, 0.25) is 0 Å². The maximum absolute atomic E-state index is 3.47. The topological polar surface area (TPSA) is 12.0 Å². The van der Waals surface area contributed by atoms with Gasteiger partial charge in [0.15, 0.2) is 0 Å². The fraction of sp³-hybridized carbons (Fsp3) is 0.500. The summed E-state index contributed by atoms with van der Waals surface area (Å²) in [5.41, 5.74) is 1.49. The van der Waals surface area contributed by atoms with E-state index in [4.69, 9.17) is 0 Å². The zero-order valence-electron chi connectivity index (χ0n) is 8.87. The van der Waals surface area contributed by atoms with Crippen LogP contribution in [0.4, 0.5) is 0 Å². The highest BCUT2D eigenvalue weighted by Crippen LogP contribution is 2.30. The van der Waals surface area contributed by atoms with Gasteiger partial charge in [-0.15, -0.1) is 12.4 Å². The van der Waals surface area contributed by atoms with Gasteiger partial charge in [-0.05, 0) is 49.0 Å². The van der Waals surface area contributed by atoms with Crippen molar-refractivity contribution in [2.24, 2.45) is 5.92 Å². The highest BCUT2D eigenvalue weighted by Gasteiger charge is 2.22. The molecule has 0 aliphatic carbocycles. The SMILES string of the molecule is C[C@H]1CNCC[C@@H]1c1ccc(Br)cc1.Cl. The Morgan fingerprint density at radius 1 is 1.27 bits per heavy atom. The predicted molar refractivity (Wildman–Crippen MR) is 70.8 cm³/mol. The molecule has 1 saturated heterocycles. The zero-order valence-corrected chi connectivity index (χ0v) is 11.3. The summed E-state index contributed by atoms with van der Waals surface area (Å²) in [6.45, 7) is 4.64. The Labute approximate surface area is 106 Å². The normalized spacial score (nSPS) is 25.7. The van der Waals surface area contributed by atoms with Gasteiger partial charge >= 0.3 is 0 Å². The van der Waals surface area contributed by atoms with Crippen LogP contribution in [0.5, 0.6) is 0 Å². The Kier molecular flexibility index (Phi) is 5.10. The second-order valence-electron chi connectivity index (χ2n) is 4.13. The third-order valence-corrected chi connectivity index (χ3v) is 3.61. The predicted octanol–water partition coefficient (Wildman–Crippen LogP) is 3.58. The summed E-state index contributed by atoms with van der Waals surface area (Å²) in [7, 11) is 0. The molecule has 1 fully saturated rings. The van der Waals surface area contributed by atoms with E-state index in [0.29, 0.717) is 0 Å². The van der Waals surface area contributed by atoms with Gasteiger partial charge in [-0.2, -0.15) is 0 Å². The second-order valence-corrected chi connectivity index (χ2v) is 5.04.